The van der Waals surface area contributed by atoms with Crippen molar-refractivity contribution in [3.05, 3.63) is 34.3 Å². The highest BCUT2D eigenvalue weighted by Gasteiger charge is 2.20. The molecule has 0 saturated carbocycles. The van der Waals surface area contributed by atoms with Gasteiger partial charge in [-0.1, -0.05) is 63.1 Å². The fraction of sp³-hybridized carbons (Fsp3) is 0.526. The van der Waals surface area contributed by atoms with Gasteiger partial charge in [0.15, 0.2) is 6.61 Å². The van der Waals surface area contributed by atoms with E-state index >= 15 is 0 Å². The van der Waals surface area contributed by atoms with Gasteiger partial charge in [0, 0.05) is 6.42 Å². The topological polar surface area (TPSA) is 64.1 Å². The Morgan fingerprint density at radius 3 is 2.72 bits per heavy atom. The van der Waals surface area contributed by atoms with Gasteiger partial charge >= 0.3 is 0 Å². The van der Waals surface area contributed by atoms with Crippen LogP contribution in [0, 0.1) is 6.92 Å². The Kier molecular flexibility index (Phi) is 6.53. The number of amides is 1. The molecule has 25 heavy (non-hydrogen) atoms. The number of hydrogen-bond acceptors (Lipinski definition) is 5. The molecule has 0 radical (unpaired) electrons. The van der Waals surface area contributed by atoms with Crippen LogP contribution in [-0.2, 0) is 16.6 Å². The minimum atomic E-state index is -0.223. The fourth-order valence-electron chi connectivity index (χ4n) is 2.39. The lowest BCUT2D eigenvalue weighted by Gasteiger charge is -2.23. The zero-order valence-electron chi connectivity index (χ0n) is 15.7. The molecule has 0 spiro atoms. The monoisotopic (exact) mass is 361 g/mol. The molecule has 5 nitrogen and oxygen atoms in total. The number of hydrogen-bond donors (Lipinski definition) is 1. The number of carbonyl (C=O) groups excluding carboxylic acids is 1. The lowest BCUT2D eigenvalue weighted by atomic mass is 9.85. The number of aromatic nitrogens is 2. The summed E-state index contributed by atoms with van der Waals surface area (Å²) in [7, 11) is 0. The molecule has 0 aliphatic heterocycles. The first-order chi connectivity index (χ1) is 11.8. The van der Waals surface area contributed by atoms with Gasteiger partial charge in [-0.05, 0) is 30.4 Å². The zero-order valence-corrected chi connectivity index (χ0v) is 16.5. The van der Waals surface area contributed by atoms with E-state index in [2.05, 4.69) is 56.2 Å². The van der Waals surface area contributed by atoms with Crippen molar-refractivity contribution < 1.29 is 9.53 Å². The standard InChI is InChI=1S/C19H27N3O2S/c1-6-7-8-17-21-22-18(25-17)20-16(23)12-24-15-10-9-13(2)11-14(15)19(3,4)5/h9-11H,6-8,12H2,1-5H3,(H,20,22,23). The Hall–Kier alpha value is -1.95. The van der Waals surface area contributed by atoms with Gasteiger partial charge in [0.05, 0.1) is 0 Å². The van der Waals surface area contributed by atoms with Gasteiger partial charge in [0.25, 0.3) is 5.91 Å². The Labute approximate surface area is 153 Å². The molecule has 2 aromatic rings. The lowest BCUT2D eigenvalue weighted by molar-refractivity contribution is -0.118. The molecular formula is C19H27N3O2S. The molecule has 136 valence electrons. The summed E-state index contributed by atoms with van der Waals surface area (Å²) in [5, 5.41) is 12.3. The van der Waals surface area contributed by atoms with Gasteiger partial charge < -0.3 is 4.74 Å². The predicted octanol–water partition coefficient (Wildman–Crippen LogP) is 4.50. The molecule has 1 aromatic heterocycles. The summed E-state index contributed by atoms with van der Waals surface area (Å²) >= 11 is 1.42. The van der Waals surface area contributed by atoms with Crippen LogP contribution in [0.5, 0.6) is 5.75 Å². The number of benzene rings is 1. The summed E-state index contributed by atoms with van der Waals surface area (Å²) in [6.07, 6.45) is 3.09. The molecule has 0 saturated heterocycles. The number of aryl methyl sites for hydroxylation is 2. The van der Waals surface area contributed by atoms with Crippen LogP contribution in [0.2, 0.25) is 0 Å². The van der Waals surface area contributed by atoms with E-state index < -0.39 is 0 Å². The lowest BCUT2D eigenvalue weighted by Crippen LogP contribution is -2.22. The minimum Gasteiger partial charge on any atom is -0.483 e. The van der Waals surface area contributed by atoms with Gasteiger partial charge in [-0.25, -0.2) is 0 Å². The van der Waals surface area contributed by atoms with Gasteiger partial charge in [-0.3, -0.25) is 10.1 Å². The van der Waals surface area contributed by atoms with Crippen LogP contribution in [-0.4, -0.2) is 22.7 Å². The molecule has 1 N–H and O–H groups in total. The maximum absolute atomic E-state index is 12.1. The summed E-state index contributed by atoms with van der Waals surface area (Å²) in [4.78, 5) is 12.1. The SMILES string of the molecule is CCCCc1nnc(NC(=O)COc2ccc(C)cc2C(C)(C)C)s1. The highest BCUT2D eigenvalue weighted by atomic mass is 32.1. The Balaban J connectivity index is 1.95. The number of anilines is 1. The molecular weight excluding hydrogens is 334 g/mol. The first-order valence-corrected chi connectivity index (χ1v) is 9.47. The second-order valence-corrected chi connectivity index (χ2v) is 8.25. The summed E-state index contributed by atoms with van der Waals surface area (Å²) in [6.45, 7) is 10.5. The normalized spacial score (nSPS) is 11.4. The Bertz CT molecular complexity index is 720. The van der Waals surface area contributed by atoms with Crippen molar-refractivity contribution in [3.63, 3.8) is 0 Å². The quantitative estimate of drug-likeness (QED) is 0.788. The largest absolute Gasteiger partial charge is 0.483 e. The number of nitrogens with one attached hydrogen (secondary N) is 1. The van der Waals surface area contributed by atoms with Crippen LogP contribution in [0.3, 0.4) is 0 Å². The average Bonchev–Trinajstić information content (AvgIpc) is 2.98. The van der Waals surface area contributed by atoms with Crippen molar-refractivity contribution in [1.29, 1.82) is 0 Å². The van der Waals surface area contributed by atoms with Crippen molar-refractivity contribution >= 4 is 22.4 Å². The molecule has 1 heterocycles. The van der Waals surface area contributed by atoms with Crippen molar-refractivity contribution in [2.24, 2.45) is 0 Å². The van der Waals surface area contributed by atoms with Crippen molar-refractivity contribution in [1.82, 2.24) is 10.2 Å². The zero-order chi connectivity index (χ0) is 18.4. The summed E-state index contributed by atoms with van der Waals surface area (Å²) in [5.41, 5.74) is 2.22. The number of carbonyl (C=O) groups is 1. The van der Waals surface area contributed by atoms with E-state index in [1.54, 1.807) is 0 Å². The van der Waals surface area contributed by atoms with E-state index in [9.17, 15) is 4.79 Å². The molecule has 2 rings (SSSR count). The highest BCUT2D eigenvalue weighted by Crippen LogP contribution is 2.32. The maximum atomic E-state index is 12.1. The van der Waals surface area contributed by atoms with Crippen LogP contribution in [0.1, 0.15) is 56.7 Å². The van der Waals surface area contributed by atoms with Crippen LogP contribution in [0.25, 0.3) is 0 Å². The molecule has 0 aliphatic rings. The van der Waals surface area contributed by atoms with Crippen LogP contribution < -0.4 is 10.1 Å². The summed E-state index contributed by atoms with van der Waals surface area (Å²) in [6, 6.07) is 6.03. The number of unbranched alkanes of at least 4 members (excludes halogenated alkanes) is 1. The number of nitrogens with zero attached hydrogens (tertiary/aromatic N) is 2. The molecule has 0 aliphatic carbocycles. The van der Waals surface area contributed by atoms with Gasteiger partial charge in [-0.2, -0.15) is 0 Å². The Morgan fingerprint density at radius 1 is 1.28 bits per heavy atom. The molecule has 0 atom stereocenters. The minimum absolute atomic E-state index is 0.0456. The number of rotatable bonds is 7. The van der Waals surface area contributed by atoms with Crippen LogP contribution in [0.4, 0.5) is 5.13 Å². The van der Waals surface area contributed by atoms with E-state index in [4.69, 9.17) is 4.74 Å². The molecule has 0 bridgehead atoms. The second kappa shape index (κ2) is 8.43. The van der Waals surface area contributed by atoms with Crippen molar-refractivity contribution in [2.75, 3.05) is 11.9 Å². The smallest absolute Gasteiger partial charge is 0.264 e. The predicted molar refractivity (Wildman–Crippen MR) is 103 cm³/mol. The third kappa shape index (κ3) is 5.81. The van der Waals surface area contributed by atoms with E-state index in [1.165, 1.54) is 16.9 Å². The third-order valence-electron chi connectivity index (χ3n) is 3.76. The van der Waals surface area contributed by atoms with Gasteiger partial charge in [0.1, 0.15) is 10.8 Å². The summed E-state index contributed by atoms with van der Waals surface area (Å²) in [5.74, 6) is 0.521. The van der Waals surface area contributed by atoms with Gasteiger partial charge in [-0.15, -0.1) is 10.2 Å². The van der Waals surface area contributed by atoms with Crippen molar-refractivity contribution in [2.45, 2.75) is 59.3 Å². The molecule has 0 unspecified atom stereocenters. The highest BCUT2D eigenvalue weighted by molar-refractivity contribution is 7.15. The second-order valence-electron chi connectivity index (χ2n) is 7.19. The van der Waals surface area contributed by atoms with Crippen LogP contribution in [0.15, 0.2) is 18.2 Å². The molecule has 1 amide bonds. The van der Waals surface area contributed by atoms with E-state index in [1.807, 2.05) is 12.1 Å². The number of ether oxygens (including phenoxy) is 1. The van der Waals surface area contributed by atoms with E-state index in [0.717, 1.165) is 35.6 Å². The van der Waals surface area contributed by atoms with Crippen LogP contribution >= 0.6 is 11.3 Å². The Morgan fingerprint density at radius 2 is 2.04 bits per heavy atom. The van der Waals surface area contributed by atoms with Gasteiger partial charge in [0.2, 0.25) is 5.13 Å². The summed E-state index contributed by atoms with van der Waals surface area (Å²) < 4.78 is 5.77. The van der Waals surface area contributed by atoms with Crippen molar-refractivity contribution in [3.8, 4) is 5.75 Å². The molecule has 6 heteroatoms. The fourth-order valence-corrected chi connectivity index (χ4v) is 3.19. The molecule has 1 aromatic carbocycles. The van der Waals surface area contributed by atoms with E-state index in [-0.39, 0.29) is 17.9 Å². The third-order valence-corrected chi connectivity index (χ3v) is 4.66. The maximum Gasteiger partial charge on any atom is 0.264 e. The van der Waals surface area contributed by atoms with E-state index in [0.29, 0.717) is 5.13 Å². The molecule has 0 fully saturated rings. The first-order valence-electron chi connectivity index (χ1n) is 8.65. The average molecular weight is 362 g/mol. The first kappa shape index (κ1) is 19.4.